The van der Waals surface area contributed by atoms with Crippen molar-refractivity contribution >= 4 is 21.6 Å². The quantitative estimate of drug-likeness (QED) is 0.860. The monoisotopic (exact) mass is 305 g/mol. The van der Waals surface area contributed by atoms with Gasteiger partial charge in [0, 0.05) is 18.3 Å². The van der Waals surface area contributed by atoms with Crippen molar-refractivity contribution in [3.63, 3.8) is 0 Å². The van der Waals surface area contributed by atoms with Gasteiger partial charge in [-0.25, -0.2) is 8.42 Å². The van der Waals surface area contributed by atoms with Gasteiger partial charge in [-0.1, -0.05) is 0 Å². The molecule has 0 atom stereocenters. The second-order valence-corrected chi connectivity index (χ2v) is 5.87. The highest BCUT2D eigenvalue weighted by molar-refractivity contribution is 7.89. The molecule has 5 nitrogen and oxygen atoms in total. The number of alkyl halides is 4. The molecule has 0 unspecified atom stereocenters. The van der Waals surface area contributed by atoms with Crippen molar-refractivity contribution in [1.29, 1.82) is 0 Å². The van der Waals surface area contributed by atoms with E-state index < -0.39 is 27.8 Å². The third-order valence-corrected chi connectivity index (χ3v) is 4.27. The van der Waals surface area contributed by atoms with Gasteiger partial charge in [0.05, 0.1) is 5.88 Å². The molecule has 0 aromatic carbocycles. The number of hydrogen-bond donors (Lipinski definition) is 1. The Morgan fingerprint density at radius 2 is 2.00 bits per heavy atom. The molecule has 1 aromatic heterocycles. The van der Waals surface area contributed by atoms with Crippen LogP contribution in [0.3, 0.4) is 0 Å². The van der Waals surface area contributed by atoms with Gasteiger partial charge in [-0.15, -0.1) is 11.6 Å². The lowest BCUT2D eigenvalue weighted by Crippen LogP contribution is -2.36. The number of H-pyrrole nitrogens is 1. The lowest BCUT2D eigenvalue weighted by molar-refractivity contribution is -0.134. The van der Waals surface area contributed by atoms with Crippen LogP contribution in [-0.4, -0.2) is 42.7 Å². The van der Waals surface area contributed by atoms with E-state index in [1.165, 1.54) is 6.92 Å². The Hall–Kier alpha value is -0.800. The fourth-order valence-corrected chi connectivity index (χ4v) is 3.00. The van der Waals surface area contributed by atoms with E-state index in [2.05, 4.69) is 10.2 Å². The largest absolute Gasteiger partial charge is 0.402 e. The fourth-order valence-electron chi connectivity index (χ4n) is 1.29. The van der Waals surface area contributed by atoms with Crippen LogP contribution in [-0.2, 0) is 15.9 Å². The molecule has 0 saturated heterocycles. The van der Waals surface area contributed by atoms with Crippen molar-refractivity contribution in [1.82, 2.24) is 14.5 Å². The molecule has 18 heavy (non-hydrogen) atoms. The maximum absolute atomic E-state index is 12.2. The van der Waals surface area contributed by atoms with Crippen LogP contribution in [0.2, 0.25) is 0 Å². The number of aromatic nitrogens is 2. The molecule has 0 aliphatic heterocycles. The zero-order valence-electron chi connectivity index (χ0n) is 9.55. The van der Waals surface area contributed by atoms with Gasteiger partial charge in [-0.3, -0.25) is 5.10 Å². The molecule has 10 heteroatoms. The molecule has 0 spiro atoms. The van der Waals surface area contributed by atoms with Gasteiger partial charge in [0.2, 0.25) is 0 Å². The highest BCUT2D eigenvalue weighted by Crippen LogP contribution is 2.24. The SMILES string of the molecule is Cc1[nH]nc(S(=O)(=O)N(C)CC(F)(F)F)c1CCl. The first-order valence-corrected chi connectivity index (χ1v) is 6.70. The van der Waals surface area contributed by atoms with Crippen molar-refractivity contribution in [3.05, 3.63) is 11.3 Å². The number of aromatic amines is 1. The van der Waals surface area contributed by atoms with E-state index in [9.17, 15) is 21.6 Å². The summed E-state index contributed by atoms with van der Waals surface area (Å²) in [5, 5.41) is 5.42. The Bertz CT molecular complexity index is 526. The van der Waals surface area contributed by atoms with E-state index in [1.54, 1.807) is 0 Å². The Kier molecular flexibility index (Phi) is 4.29. The maximum Gasteiger partial charge on any atom is 0.402 e. The zero-order valence-corrected chi connectivity index (χ0v) is 11.1. The van der Waals surface area contributed by atoms with Gasteiger partial charge in [-0.2, -0.15) is 22.6 Å². The van der Waals surface area contributed by atoms with E-state index in [1.807, 2.05) is 0 Å². The zero-order chi connectivity index (χ0) is 14.1. The molecule has 1 heterocycles. The first kappa shape index (κ1) is 15.3. The summed E-state index contributed by atoms with van der Waals surface area (Å²) in [6.45, 7) is -0.0452. The molecule has 0 radical (unpaired) electrons. The second kappa shape index (κ2) is 5.06. The van der Waals surface area contributed by atoms with E-state index in [0.717, 1.165) is 7.05 Å². The molecule has 0 fully saturated rings. The van der Waals surface area contributed by atoms with Gasteiger partial charge in [0.15, 0.2) is 5.03 Å². The predicted octanol–water partition coefficient (Wildman–Crippen LogP) is 1.64. The van der Waals surface area contributed by atoms with Crippen LogP contribution in [0.5, 0.6) is 0 Å². The normalized spacial score (nSPS) is 13.3. The lowest BCUT2D eigenvalue weighted by Gasteiger charge is -2.17. The van der Waals surface area contributed by atoms with E-state index >= 15 is 0 Å². The van der Waals surface area contributed by atoms with Gasteiger partial charge >= 0.3 is 6.18 Å². The number of halogens is 4. The van der Waals surface area contributed by atoms with Crippen molar-refractivity contribution in [2.24, 2.45) is 0 Å². The number of rotatable bonds is 4. The lowest BCUT2D eigenvalue weighted by atomic mass is 10.3. The average Bonchev–Trinajstić information content (AvgIpc) is 2.57. The molecule has 1 rings (SSSR count). The van der Waals surface area contributed by atoms with Crippen LogP contribution < -0.4 is 0 Å². The molecule has 0 saturated carbocycles. The Morgan fingerprint density at radius 1 is 1.44 bits per heavy atom. The average molecular weight is 306 g/mol. The third-order valence-electron chi connectivity index (χ3n) is 2.23. The van der Waals surface area contributed by atoms with Gasteiger partial charge < -0.3 is 0 Å². The van der Waals surface area contributed by atoms with E-state index in [4.69, 9.17) is 11.6 Å². The van der Waals surface area contributed by atoms with E-state index in [-0.39, 0.29) is 15.7 Å². The smallest absolute Gasteiger partial charge is 0.281 e. The van der Waals surface area contributed by atoms with Crippen molar-refractivity contribution < 1.29 is 21.6 Å². The van der Waals surface area contributed by atoms with Crippen LogP contribution in [0.4, 0.5) is 13.2 Å². The second-order valence-electron chi connectivity index (χ2n) is 3.64. The predicted molar refractivity (Wildman–Crippen MR) is 58.8 cm³/mol. The number of hydrogen-bond acceptors (Lipinski definition) is 3. The number of nitrogens with zero attached hydrogens (tertiary/aromatic N) is 2. The molecular formula is C8H11ClF3N3O2S. The molecule has 0 amide bonds. The minimum absolute atomic E-state index is 0.156. The Balaban J connectivity index is 3.14. The van der Waals surface area contributed by atoms with Crippen molar-refractivity contribution in [2.75, 3.05) is 13.6 Å². The Morgan fingerprint density at radius 3 is 2.44 bits per heavy atom. The van der Waals surface area contributed by atoms with E-state index in [0.29, 0.717) is 5.69 Å². The standard InChI is InChI=1S/C8H11ClF3N3O2S/c1-5-6(3-9)7(14-13-5)18(16,17)15(2)4-8(10,11)12/h3-4H2,1-2H3,(H,13,14). The molecular weight excluding hydrogens is 295 g/mol. The number of sulfonamides is 1. The highest BCUT2D eigenvalue weighted by atomic mass is 35.5. The minimum Gasteiger partial charge on any atom is -0.281 e. The first-order valence-electron chi connectivity index (χ1n) is 4.72. The first-order chi connectivity index (χ1) is 8.09. The van der Waals surface area contributed by atoms with Gasteiger partial charge in [0.25, 0.3) is 10.0 Å². The number of nitrogens with one attached hydrogen (secondary N) is 1. The maximum atomic E-state index is 12.2. The summed E-state index contributed by atoms with van der Waals surface area (Å²) in [6.07, 6.45) is -4.62. The van der Waals surface area contributed by atoms with Gasteiger partial charge in [0.1, 0.15) is 6.54 Å². The summed E-state index contributed by atoms with van der Waals surface area (Å²) in [4.78, 5) is 0. The molecule has 0 aliphatic rings. The van der Waals surface area contributed by atoms with Crippen LogP contribution in [0.15, 0.2) is 5.03 Å². The topological polar surface area (TPSA) is 66.1 Å². The summed E-state index contributed by atoms with van der Waals surface area (Å²) in [6, 6.07) is 0. The molecule has 0 aliphatic carbocycles. The summed E-state index contributed by atoms with van der Waals surface area (Å²) >= 11 is 5.56. The minimum atomic E-state index is -4.62. The molecule has 1 aromatic rings. The van der Waals surface area contributed by atoms with Crippen molar-refractivity contribution in [2.45, 2.75) is 24.0 Å². The molecule has 1 N–H and O–H groups in total. The summed E-state index contributed by atoms with van der Waals surface area (Å²) in [5.41, 5.74) is 0.578. The fraction of sp³-hybridized carbons (Fsp3) is 0.625. The highest BCUT2D eigenvalue weighted by Gasteiger charge is 2.36. The number of aryl methyl sites for hydroxylation is 1. The van der Waals surface area contributed by atoms with Crippen LogP contribution >= 0.6 is 11.6 Å². The van der Waals surface area contributed by atoms with Crippen molar-refractivity contribution in [3.8, 4) is 0 Å². The summed E-state index contributed by atoms with van der Waals surface area (Å²) in [7, 11) is -3.47. The molecule has 104 valence electrons. The third kappa shape index (κ3) is 3.15. The van der Waals surface area contributed by atoms with Crippen LogP contribution in [0, 0.1) is 6.92 Å². The van der Waals surface area contributed by atoms with Gasteiger partial charge in [-0.05, 0) is 6.92 Å². The molecule has 0 bridgehead atoms. The van der Waals surface area contributed by atoms with Crippen LogP contribution in [0.25, 0.3) is 0 Å². The summed E-state index contributed by atoms with van der Waals surface area (Å²) < 4.78 is 60.5. The van der Waals surface area contributed by atoms with Crippen LogP contribution in [0.1, 0.15) is 11.3 Å². The Labute approximate surface area is 107 Å². The summed E-state index contributed by atoms with van der Waals surface area (Å²) in [5.74, 6) is -0.156.